The first-order valence-electron chi connectivity index (χ1n) is 8.70. The quantitative estimate of drug-likeness (QED) is 0.284. The molecule has 0 spiro atoms. The predicted molar refractivity (Wildman–Crippen MR) is 102 cm³/mol. The zero-order chi connectivity index (χ0) is 15.6. The van der Waals surface area contributed by atoms with Gasteiger partial charge in [0, 0.05) is 0 Å². The van der Waals surface area contributed by atoms with E-state index in [-0.39, 0.29) is 0 Å². The molecule has 0 amide bonds. The Balaban J connectivity index is 1.86. The van der Waals surface area contributed by atoms with Gasteiger partial charge < -0.3 is 0 Å². The lowest BCUT2D eigenvalue weighted by atomic mass is 9.95. The zero-order valence-corrected chi connectivity index (χ0v) is 13.7. The highest BCUT2D eigenvalue weighted by Gasteiger charge is 2.05. The number of aryl methyl sites for hydroxylation is 1. The van der Waals surface area contributed by atoms with E-state index >= 15 is 0 Å². The number of fused-ring (bicyclic) bond motifs is 5. The van der Waals surface area contributed by atoms with E-state index in [0.29, 0.717) is 0 Å². The Bertz CT molecular complexity index is 979. The molecule has 0 N–H and O–H groups in total. The average molecular weight is 298 g/mol. The molecule has 0 aliphatic rings. The molecule has 0 bridgehead atoms. The van der Waals surface area contributed by atoms with E-state index in [4.69, 9.17) is 0 Å². The van der Waals surface area contributed by atoms with Gasteiger partial charge in [-0.25, -0.2) is 0 Å². The molecule has 0 aromatic heterocycles. The number of hydrogen-bond acceptors (Lipinski definition) is 0. The summed E-state index contributed by atoms with van der Waals surface area (Å²) in [5, 5.41) is 8.11. The van der Waals surface area contributed by atoms with E-state index in [9.17, 15) is 0 Å². The summed E-state index contributed by atoms with van der Waals surface area (Å²) in [5.74, 6) is 0. The van der Waals surface area contributed by atoms with Gasteiger partial charge in [-0.15, -0.1) is 0 Å². The maximum Gasteiger partial charge on any atom is -0.00990 e. The first kappa shape index (κ1) is 14.3. The topological polar surface area (TPSA) is 0 Å². The van der Waals surface area contributed by atoms with Gasteiger partial charge in [-0.2, -0.15) is 0 Å². The molecule has 23 heavy (non-hydrogen) atoms. The highest BCUT2D eigenvalue weighted by molar-refractivity contribution is 6.17. The summed E-state index contributed by atoms with van der Waals surface area (Å²) >= 11 is 0. The van der Waals surface area contributed by atoms with Crippen molar-refractivity contribution in [3.63, 3.8) is 0 Å². The minimum Gasteiger partial charge on any atom is -0.0654 e. The minimum atomic E-state index is 1.19. The first-order chi connectivity index (χ1) is 11.4. The zero-order valence-electron chi connectivity index (χ0n) is 13.7. The van der Waals surface area contributed by atoms with Crippen LogP contribution in [0.2, 0.25) is 0 Å². The molecule has 4 aromatic rings. The van der Waals surface area contributed by atoms with Crippen LogP contribution in [0, 0.1) is 0 Å². The number of unbranched alkanes of at least 4 members (excludes halogenated alkanes) is 2. The first-order valence-corrected chi connectivity index (χ1v) is 8.70. The van der Waals surface area contributed by atoms with Crippen molar-refractivity contribution < 1.29 is 0 Å². The second-order valence-electron chi connectivity index (χ2n) is 6.46. The van der Waals surface area contributed by atoms with E-state index in [1.165, 1.54) is 63.6 Å². The molecule has 0 saturated heterocycles. The standard InChI is InChI=1S/C23H22/c1-2-3-4-7-17-10-13-21-19(16-17)12-15-22-20-9-6-5-8-18(20)11-14-23(21)22/h5-6,8-16H,2-4,7H2,1H3. The Morgan fingerprint density at radius 2 is 1.30 bits per heavy atom. The molecule has 0 heteroatoms. The normalized spacial score (nSPS) is 11.5. The maximum absolute atomic E-state index is 2.37. The molecule has 4 aromatic carbocycles. The molecule has 114 valence electrons. The molecule has 0 nitrogen and oxygen atoms in total. The van der Waals surface area contributed by atoms with Crippen LogP contribution in [0.15, 0.2) is 66.7 Å². The third kappa shape index (κ3) is 2.59. The van der Waals surface area contributed by atoms with Crippen LogP contribution in [-0.2, 0) is 6.42 Å². The van der Waals surface area contributed by atoms with Gasteiger partial charge in [0.25, 0.3) is 0 Å². The van der Waals surface area contributed by atoms with Crippen molar-refractivity contribution >= 4 is 32.3 Å². The molecule has 0 unspecified atom stereocenters. The number of benzene rings is 4. The highest BCUT2D eigenvalue weighted by Crippen LogP contribution is 2.31. The largest absolute Gasteiger partial charge is 0.0654 e. The lowest BCUT2D eigenvalue weighted by molar-refractivity contribution is 0.718. The fraction of sp³-hybridized carbons (Fsp3) is 0.217. The second kappa shape index (κ2) is 6.04. The highest BCUT2D eigenvalue weighted by atomic mass is 14.1. The molecule has 0 aliphatic carbocycles. The monoisotopic (exact) mass is 298 g/mol. The number of rotatable bonds is 4. The summed E-state index contributed by atoms with van der Waals surface area (Å²) in [4.78, 5) is 0. The van der Waals surface area contributed by atoms with Crippen molar-refractivity contribution in [1.82, 2.24) is 0 Å². The Kier molecular flexibility index (Phi) is 3.75. The van der Waals surface area contributed by atoms with Crippen LogP contribution >= 0.6 is 0 Å². The van der Waals surface area contributed by atoms with Crippen LogP contribution in [0.1, 0.15) is 31.7 Å². The van der Waals surface area contributed by atoms with E-state index in [2.05, 4.69) is 73.7 Å². The Morgan fingerprint density at radius 3 is 2.13 bits per heavy atom. The predicted octanol–water partition coefficient (Wildman–Crippen LogP) is 6.88. The molecular weight excluding hydrogens is 276 g/mol. The molecule has 0 fully saturated rings. The fourth-order valence-electron chi connectivity index (χ4n) is 3.61. The minimum absolute atomic E-state index is 1.19. The molecule has 4 rings (SSSR count). The van der Waals surface area contributed by atoms with Crippen LogP contribution in [-0.4, -0.2) is 0 Å². The SMILES string of the molecule is CCCCCc1ccc2c(ccc3c4ccccc4ccc23)c1. The van der Waals surface area contributed by atoms with Gasteiger partial charge in [0.1, 0.15) is 0 Å². The third-order valence-electron chi connectivity index (χ3n) is 4.88. The Labute approximate surface area is 137 Å². The number of hydrogen-bond donors (Lipinski definition) is 0. The van der Waals surface area contributed by atoms with Crippen molar-refractivity contribution in [3.05, 3.63) is 72.3 Å². The molecule has 0 atom stereocenters. The fourth-order valence-corrected chi connectivity index (χ4v) is 3.61. The second-order valence-corrected chi connectivity index (χ2v) is 6.46. The third-order valence-corrected chi connectivity index (χ3v) is 4.88. The van der Waals surface area contributed by atoms with Crippen molar-refractivity contribution in [2.75, 3.05) is 0 Å². The maximum atomic E-state index is 2.37. The molecule has 0 aliphatic heterocycles. The van der Waals surface area contributed by atoms with E-state index in [0.717, 1.165) is 0 Å². The van der Waals surface area contributed by atoms with E-state index < -0.39 is 0 Å². The van der Waals surface area contributed by atoms with Gasteiger partial charge in [0.15, 0.2) is 0 Å². The van der Waals surface area contributed by atoms with Gasteiger partial charge >= 0.3 is 0 Å². The lowest BCUT2D eigenvalue weighted by Crippen LogP contribution is -1.87. The van der Waals surface area contributed by atoms with Gasteiger partial charge in [-0.05, 0) is 50.7 Å². The van der Waals surface area contributed by atoms with Crippen LogP contribution in [0.5, 0.6) is 0 Å². The summed E-state index contributed by atoms with van der Waals surface area (Å²) in [6, 6.07) is 24.7. The van der Waals surface area contributed by atoms with Crippen LogP contribution < -0.4 is 0 Å². The molecule has 0 heterocycles. The van der Waals surface area contributed by atoms with Gasteiger partial charge in [0.2, 0.25) is 0 Å². The van der Waals surface area contributed by atoms with Crippen molar-refractivity contribution in [2.45, 2.75) is 32.6 Å². The van der Waals surface area contributed by atoms with Gasteiger partial charge in [-0.1, -0.05) is 86.5 Å². The van der Waals surface area contributed by atoms with Crippen LogP contribution in [0.3, 0.4) is 0 Å². The smallest absolute Gasteiger partial charge is 0.00990 e. The van der Waals surface area contributed by atoms with Crippen LogP contribution in [0.4, 0.5) is 0 Å². The van der Waals surface area contributed by atoms with Gasteiger partial charge in [-0.3, -0.25) is 0 Å². The van der Waals surface area contributed by atoms with Crippen molar-refractivity contribution in [3.8, 4) is 0 Å². The average Bonchev–Trinajstić information content (AvgIpc) is 2.61. The summed E-state index contributed by atoms with van der Waals surface area (Å²) < 4.78 is 0. The van der Waals surface area contributed by atoms with E-state index in [1.807, 2.05) is 0 Å². The Morgan fingerprint density at radius 1 is 0.609 bits per heavy atom. The summed E-state index contributed by atoms with van der Waals surface area (Å²) in [6.07, 6.45) is 5.09. The van der Waals surface area contributed by atoms with Crippen molar-refractivity contribution in [1.29, 1.82) is 0 Å². The lowest BCUT2D eigenvalue weighted by Gasteiger charge is -2.09. The van der Waals surface area contributed by atoms with Crippen LogP contribution in [0.25, 0.3) is 32.3 Å². The van der Waals surface area contributed by atoms with Crippen molar-refractivity contribution in [2.24, 2.45) is 0 Å². The molecule has 0 radical (unpaired) electrons. The summed E-state index contributed by atoms with van der Waals surface area (Å²) in [6.45, 7) is 2.26. The summed E-state index contributed by atoms with van der Waals surface area (Å²) in [7, 11) is 0. The van der Waals surface area contributed by atoms with Gasteiger partial charge in [0.05, 0.1) is 0 Å². The molecular formula is C23H22. The Hall–Kier alpha value is -2.34. The summed E-state index contributed by atoms with van der Waals surface area (Å²) in [5.41, 5.74) is 1.46. The molecule has 0 saturated carbocycles. The van der Waals surface area contributed by atoms with E-state index in [1.54, 1.807) is 0 Å².